The Kier molecular flexibility index (Phi) is 7.10. The van der Waals surface area contributed by atoms with Crippen molar-refractivity contribution in [2.75, 3.05) is 17.7 Å². The van der Waals surface area contributed by atoms with Crippen LogP contribution in [0, 0.1) is 5.92 Å². The highest BCUT2D eigenvalue weighted by Gasteiger charge is 2.28. The zero-order valence-corrected chi connectivity index (χ0v) is 17.9. The molecule has 160 valence electrons. The summed E-state index contributed by atoms with van der Waals surface area (Å²) in [4.78, 5) is 37.3. The lowest BCUT2D eigenvalue weighted by Crippen LogP contribution is -2.19. The van der Waals surface area contributed by atoms with Crippen molar-refractivity contribution in [3.63, 3.8) is 0 Å². The van der Waals surface area contributed by atoms with Gasteiger partial charge in [-0.1, -0.05) is 13.0 Å². The summed E-state index contributed by atoms with van der Waals surface area (Å²) in [7, 11) is 1.56. The minimum absolute atomic E-state index is 0.0605. The highest BCUT2D eigenvalue weighted by Crippen LogP contribution is 2.40. The lowest BCUT2D eigenvalue weighted by atomic mass is 9.88. The van der Waals surface area contributed by atoms with Gasteiger partial charge in [-0.05, 0) is 49.3 Å². The van der Waals surface area contributed by atoms with Crippen LogP contribution in [-0.2, 0) is 22.4 Å². The van der Waals surface area contributed by atoms with Gasteiger partial charge < -0.3 is 20.5 Å². The van der Waals surface area contributed by atoms with Crippen LogP contribution in [0.1, 0.15) is 53.4 Å². The molecule has 8 heteroatoms. The van der Waals surface area contributed by atoms with Gasteiger partial charge in [0.05, 0.1) is 12.7 Å². The van der Waals surface area contributed by atoms with Crippen molar-refractivity contribution in [1.29, 1.82) is 0 Å². The Morgan fingerprint density at radius 1 is 1.23 bits per heavy atom. The van der Waals surface area contributed by atoms with Crippen molar-refractivity contribution < 1.29 is 24.2 Å². The molecule has 1 aliphatic rings. The molecule has 7 nitrogen and oxygen atoms in total. The van der Waals surface area contributed by atoms with E-state index in [0.717, 1.165) is 29.7 Å². The molecule has 3 N–H and O–H groups in total. The van der Waals surface area contributed by atoms with Crippen molar-refractivity contribution in [1.82, 2.24) is 0 Å². The van der Waals surface area contributed by atoms with Crippen LogP contribution in [0.15, 0.2) is 24.3 Å². The number of hydrogen-bond donors (Lipinski definition) is 3. The number of thiophene rings is 1. The van der Waals surface area contributed by atoms with Crippen molar-refractivity contribution in [2.45, 2.75) is 45.4 Å². The Morgan fingerprint density at radius 2 is 2.03 bits per heavy atom. The van der Waals surface area contributed by atoms with Gasteiger partial charge in [-0.15, -0.1) is 11.3 Å². The summed E-state index contributed by atoms with van der Waals surface area (Å²) >= 11 is 1.45. The van der Waals surface area contributed by atoms with Crippen LogP contribution < -0.4 is 15.4 Å². The van der Waals surface area contributed by atoms with Crippen LogP contribution in [0.5, 0.6) is 5.75 Å². The van der Waals surface area contributed by atoms with Gasteiger partial charge >= 0.3 is 5.97 Å². The second-order valence-electron chi connectivity index (χ2n) is 7.54. The third kappa shape index (κ3) is 5.38. The van der Waals surface area contributed by atoms with Crippen molar-refractivity contribution in [3.8, 4) is 5.75 Å². The number of amides is 2. The number of benzene rings is 1. The summed E-state index contributed by atoms with van der Waals surface area (Å²) in [6, 6.07) is 7.12. The predicted molar refractivity (Wildman–Crippen MR) is 117 cm³/mol. The molecule has 1 heterocycles. The van der Waals surface area contributed by atoms with E-state index in [1.54, 1.807) is 31.4 Å². The number of anilines is 2. The monoisotopic (exact) mass is 430 g/mol. The smallest absolute Gasteiger partial charge is 0.303 e. The van der Waals surface area contributed by atoms with Gasteiger partial charge in [0.15, 0.2) is 0 Å². The van der Waals surface area contributed by atoms with Crippen LogP contribution in [0.4, 0.5) is 10.7 Å². The van der Waals surface area contributed by atoms with Gasteiger partial charge in [0.1, 0.15) is 10.8 Å². The third-order valence-corrected chi connectivity index (χ3v) is 6.28. The van der Waals surface area contributed by atoms with Gasteiger partial charge in [0.25, 0.3) is 5.91 Å². The number of carbonyl (C=O) groups excluding carboxylic acids is 2. The van der Waals surface area contributed by atoms with E-state index in [1.807, 2.05) is 0 Å². The fourth-order valence-electron chi connectivity index (χ4n) is 3.56. The Bertz CT molecular complexity index is 953. The summed E-state index contributed by atoms with van der Waals surface area (Å²) in [6.07, 6.45) is 2.97. The lowest BCUT2D eigenvalue weighted by Gasteiger charge is -2.18. The number of hydrogen-bond acceptors (Lipinski definition) is 5. The first-order chi connectivity index (χ1) is 14.4. The summed E-state index contributed by atoms with van der Waals surface area (Å²) in [5.41, 5.74) is 2.12. The van der Waals surface area contributed by atoms with Crippen molar-refractivity contribution in [3.05, 3.63) is 40.3 Å². The summed E-state index contributed by atoms with van der Waals surface area (Å²) in [6.45, 7) is 2.18. The quantitative estimate of drug-likeness (QED) is 0.578. The molecular weight excluding hydrogens is 404 g/mol. The average Bonchev–Trinajstić information content (AvgIpc) is 3.04. The van der Waals surface area contributed by atoms with Gasteiger partial charge in [-0.25, -0.2) is 0 Å². The zero-order chi connectivity index (χ0) is 21.7. The first kappa shape index (κ1) is 21.8. The molecule has 1 aromatic carbocycles. The Morgan fingerprint density at radius 3 is 2.77 bits per heavy atom. The molecule has 0 saturated carbocycles. The zero-order valence-electron chi connectivity index (χ0n) is 17.1. The Balaban J connectivity index is 1.83. The molecule has 0 aliphatic heterocycles. The second kappa shape index (κ2) is 9.75. The maximum Gasteiger partial charge on any atom is 0.303 e. The van der Waals surface area contributed by atoms with Crippen LogP contribution >= 0.6 is 11.3 Å². The number of rotatable bonds is 8. The van der Waals surface area contributed by atoms with E-state index in [2.05, 4.69) is 17.6 Å². The molecule has 1 atom stereocenters. The minimum Gasteiger partial charge on any atom is -0.497 e. The average molecular weight is 431 g/mol. The summed E-state index contributed by atoms with van der Waals surface area (Å²) in [5, 5.41) is 15.0. The Labute approximate surface area is 179 Å². The van der Waals surface area contributed by atoms with E-state index in [-0.39, 0.29) is 31.1 Å². The number of aliphatic carboxylic acids is 1. The summed E-state index contributed by atoms with van der Waals surface area (Å²) in [5.74, 6) is -0.304. The SMILES string of the molecule is COc1cccc(NC(=O)c2c(NC(=O)CCCC(=O)O)sc3c2CC[C@@H](C)C3)c1. The number of carboxylic acids is 1. The molecule has 1 aliphatic carbocycles. The van der Waals surface area contributed by atoms with E-state index in [9.17, 15) is 14.4 Å². The van der Waals surface area contributed by atoms with Crippen molar-refractivity contribution in [2.24, 2.45) is 5.92 Å². The predicted octanol–water partition coefficient (Wildman–Crippen LogP) is 4.33. The van der Waals surface area contributed by atoms with Crippen molar-refractivity contribution >= 4 is 39.8 Å². The van der Waals surface area contributed by atoms with Crippen LogP contribution in [0.2, 0.25) is 0 Å². The van der Waals surface area contributed by atoms with Gasteiger partial charge in [-0.3, -0.25) is 14.4 Å². The third-order valence-electron chi connectivity index (χ3n) is 5.11. The number of nitrogens with one attached hydrogen (secondary N) is 2. The molecule has 2 amide bonds. The molecule has 3 rings (SSSR count). The first-order valence-electron chi connectivity index (χ1n) is 9.99. The van der Waals surface area contributed by atoms with Gasteiger partial charge in [0.2, 0.25) is 5.91 Å². The lowest BCUT2D eigenvalue weighted by molar-refractivity contribution is -0.137. The highest BCUT2D eigenvalue weighted by atomic mass is 32.1. The van der Waals surface area contributed by atoms with E-state index >= 15 is 0 Å². The van der Waals surface area contributed by atoms with Crippen LogP contribution in [0.25, 0.3) is 0 Å². The van der Waals surface area contributed by atoms with Gasteiger partial charge in [0, 0.05) is 29.5 Å². The standard InChI is InChI=1S/C22H26N2O5S/c1-13-9-10-16-17(11-13)30-22(24-18(25)7-4-8-19(26)27)20(16)21(28)23-14-5-3-6-15(12-14)29-2/h3,5-6,12-13H,4,7-11H2,1-2H3,(H,23,28)(H,24,25)(H,26,27)/t13-/m1/s1. The van der Waals surface area contributed by atoms with Crippen LogP contribution in [-0.4, -0.2) is 30.0 Å². The normalized spacial score (nSPS) is 15.2. The molecule has 0 unspecified atom stereocenters. The minimum atomic E-state index is -0.929. The van der Waals surface area contributed by atoms with E-state index in [1.165, 1.54) is 11.3 Å². The number of carbonyl (C=O) groups is 3. The molecular formula is C22H26N2O5S. The summed E-state index contributed by atoms with van der Waals surface area (Å²) < 4.78 is 5.21. The van der Waals surface area contributed by atoms with E-state index < -0.39 is 5.97 Å². The number of ether oxygens (including phenoxy) is 1. The molecule has 0 spiro atoms. The maximum atomic E-state index is 13.2. The van der Waals surface area contributed by atoms with Gasteiger partial charge in [-0.2, -0.15) is 0 Å². The molecule has 30 heavy (non-hydrogen) atoms. The fraction of sp³-hybridized carbons (Fsp3) is 0.409. The fourth-order valence-corrected chi connectivity index (χ4v) is 4.99. The molecule has 1 aromatic heterocycles. The largest absolute Gasteiger partial charge is 0.497 e. The molecule has 0 bridgehead atoms. The second-order valence-corrected chi connectivity index (χ2v) is 8.64. The molecule has 2 aromatic rings. The maximum absolute atomic E-state index is 13.2. The van der Waals surface area contributed by atoms with E-state index in [0.29, 0.717) is 27.9 Å². The number of fused-ring (bicyclic) bond motifs is 1. The number of carboxylic acid groups (broad SMARTS) is 1. The first-order valence-corrected chi connectivity index (χ1v) is 10.8. The van der Waals surface area contributed by atoms with E-state index in [4.69, 9.17) is 9.84 Å². The Hall–Kier alpha value is -2.87. The topological polar surface area (TPSA) is 105 Å². The van der Waals surface area contributed by atoms with Crippen LogP contribution in [0.3, 0.4) is 0 Å². The molecule has 0 saturated heterocycles. The molecule has 0 radical (unpaired) electrons. The number of methoxy groups -OCH3 is 1. The molecule has 0 fully saturated rings. The highest BCUT2D eigenvalue weighted by molar-refractivity contribution is 7.17.